The van der Waals surface area contributed by atoms with Crippen LogP contribution < -0.4 is 0 Å². The minimum absolute atomic E-state index is 0.00801. The van der Waals surface area contributed by atoms with Crippen molar-refractivity contribution in [2.75, 3.05) is 13.6 Å². The zero-order chi connectivity index (χ0) is 11.5. The van der Waals surface area contributed by atoms with Gasteiger partial charge in [0, 0.05) is 5.56 Å². The Kier molecular flexibility index (Phi) is 3.62. The molecule has 1 heterocycles. The quantitative estimate of drug-likeness (QED) is 0.737. The maximum Gasteiger partial charge on any atom is 0.181 e. The maximum atomic E-state index is 12.3. The van der Waals surface area contributed by atoms with E-state index in [1.807, 2.05) is 25.2 Å². The van der Waals surface area contributed by atoms with Crippen molar-refractivity contribution in [3.8, 4) is 0 Å². The molecule has 1 unspecified atom stereocenters. The molecular weight excluding hydrogens is 222 g/mol. The van der Waals surface area contributed by atoms with Crippen LogP contribution in [0.4, 0.5) is 0 Å². The number of nitrogens with zero attached hydrogens (tertiary/aromatic N) is 1. The lowest BCUT2D eigenvalue weighted by molar-refractivity contribution is 0.0798. The Labute approximate surface area is 101 Å². The molecule has 2 rings (SSSR count). The van der Waals surface area contributed by atoms with Crippen LogP contribution in [0, 0.1) is 0 Å². The van der Waals surface area contributed by atoms with Gasteiger partial charge >= 0.3 is 0 Å². The molecular formula is C13H16ClNO. The minimum Gasteiger partial charge on any atom is -0.296 e. The highest BCUT2D eigenvalue weighted by atomic mass is 35.5. The number of hydrogen-bond donors (Lipinski definition) is 0. The number of ketones is 1. The second-order valence-corrected chi connectivity index (χ2v) is 4.74. The molecule has 0 bridgehead atoms. The fraction of sp³-hybridized carbons (Fsp3) is 0.462. The summed E-state index contributed by atoms with van der Waals surface area (Å²) in [5.41, 5.74) is 0.655. The number of benzene rings is 1. The first kappa shape index (κ1) is 11.6. The molecule has 1 aromatic carbocycles. The number of carbonyl (C=O) groups excluding carboxylic acids is 1. The van der Waals surface area contributed by atoms with E-state index in [-0.39, 0.29) is 11.8 Å². The molecule has 0 radical (unpaired) electrons. The normalized spacial score (nSPS) is 22.0. The Morgan fingerprint density at radius 2 is 2.12 bits per heavy atom. The summed E-state index contributed by atoms with van der Waals surface area (Å²) in [7, 11) is 2.01. The first-order valence-corrected chi connectivity index (χ1v) is 6.07. The van der Waals surface area contributed by atoms with Crippen LogP contribution in [0.25, 0.3) is 0 Å². The predicted octanol–water partition coefficient (Wildman–Crippen LogP) is 3.01. The van der Waals surface area contributed by atoms with Crippen molar-refractivity contribution < 1.29 is 4.79 Å². The lowest BCUT2D eigenvalue weighted by Gasteiger charge is -2.31. The third kappa shape index (κ3) is 2.28. The lowest BCUT2D eigenvalue weighted by Crippen LogP contribution is -2.42. The molecule has 0 amide bonds. The summed E-state index contributed by atoms with van der Waals surface area (Å²) in [6, 6.07) is 7.31. The van der Waals surface area contributed by atoms with E-state index >= 15 is 0 Å². The maximum absolute atomic E-state index is 12.3. The van der Waals surface area contributed by atoms with Crippen molar-refractivity contribution in [1.82, 2.24) is 4.90 Å². The van der Waals surface area contributed by atoms with Gasteiger partial charge in [0.15, 0.2) is 5.78 Å². The number of likely N-dealkylation sites (N-methyl/N-ethyl adjacent to an activating group) is 1. The van der Waals surface area contributed by atoms with Crippen molar-refractivity contribution in [2.45, 2.75) is 25.3 Å². The van der Waals surface area contributed by atoms with Gasteiger partial charge in [-0.3, -0.25) is 9.69 Å². The Morgan fingerprint density at radius 1 is 1.38 bits per heavy atom. The molecule has 0 aromatic heterocycles. The summed E-state index contributed by atoms with van der Waals surface area (Å²) >= 11 is 6.05. The SMILES string of the molecule is CN1CCCCC1C(=O)c1ccccc1Cl. The highest BCUT2D eigenvalue weighted by Gasteiger charge is 2.27. The fourth-order valence-corrected chi connectivity index (χ4v) is 2.48. The number of carbonyl (C=O) groups is 1. The molecule has 1 saturated heterocycles. The zero-order valence-corrected chi connectivity index (χ0v) is 10.2. The highest BCUT2D eigenvalue weighted by Crippen LogP contribution is 2.23. The summed E-state index contributed by atoms with van der Waals surface area (Å²) in [5, 5.41) is 0.562. The van der Waals surface area contributed by atoms with Crippen molar-refractivity contribution in [3.63, 3.8) is 0 Å². The van der Waals surface area contributed by atoms with E-state index < -0.39 is 0 Å². The van der Waals surface area contributed by atoms with Crippen molar-refractivity contribution in [1.29, 1.82) is 0 Å². The number of Topliss-reactive ketones (excluding diaryl/α,β-unsaturated/α-hetero) is 1. The second-order valence-electron chi connectivity index (χ2n) is 4.34. The van der Waals surface area contributed by atoms with E-state index in [0.717, 1.165) is 19.4 Å². The number of rotatable bonds is 2. The van der Waals surface area contributed by atoms with Gasteiger partial charge < -0.3 is 0 Å². The van der Waals surface area contributed by atoms with Gasteiger partial charge in [0.25, 0.3) is 0 Å². The number of likely N-dealkylation sites (tertiary alicyclic amines) is 1. The van der Waals surface area contributed by atoms with Gasteiger partial charge in [0.2, 0.25) is 0 Å². The number of halogens is 1. The summed E-state index contributed by atoms with van der Waals surface area (Å²) in [6.07, 6.45) is 3.26. The zero-order valence-electron chi connectivity index (χ0n) is 9.45. The Morgan fingerprint density at radius 3 is 2.81 bits per heavy atom. The van der Waals surface area contributed by atoms with Crippen LogP contribution in [0.15, 0.2) is 24.3 Å². The molecule has 0 aliphatic carbocycles. The largest absolute Gasteiger partial charge is 0.296 e. The van der Waals surface area contributed by atoms with Crippen LogP contribution in [0.5, 0.6) is 0 Å². The van der Waals surface area contributed by atoms with E-state index in [0.29, 0.717) is 10.6 Å². The van der Waals surface area contributed by atoms with Gasteiger partial charge in [-0.2, -0.15) is 0 Å². The van der Waals surface area contributed by atoms with E-state index in [1.165, 1.54) is 6.42 Å². The minimum atomic E-state index is 0.00801. The van der Waals surface area contributed by atoms with E-state index in [9.17, 15) is 4.79 Å². The van der Waals surface area contributed by atoms with Crippen LogP contribution in [-0.2, 0) is 0 Å². The summed E-state index contributed by atoms with van der Waals surface area (Å²) in [6.45, 7) is 1.00. The lowest BCUT2D eigenvalue weighted by atomic mass is 9.95. The van der Waals surface area contributed by atoms with Crippen LogP contribution >= 0.6 is 11.6 Å². The molecule has 3 heteroatoms. The third-order valence-corrected chi connectivity index (χ3v) is 3.54. The Bertz CT molecular complexity index is 391. The molecule has 0 spiro atoms. The first-order chi connectivity index (χ1) is 7.70. The third-order valence-electron chi connectivity index (χ3n) is 3.21. The van der Waals surface area contributed by atoms with Gasteiger partial charge in [0.1, 0.15) is 0 Å². The predicted molar refractivity (Wildman–Crippen MR) is 66.1 cm³/mol. The van der Waals surface area contributed by atoms with Crippen molar-refractivity contribution in [2.24, 2.45) is 0 Å². The molecule has 1 aliphatic heterocycles. The molecule has 1 fully saturated rings. The van der Waals surface area contributed by atoms with E-state index in [1.54, 1.807) is 6.07 Å². The van der Waals surface area contributed by atoms with Crippen LogP contribution in [-0.4, -0.2) is 30.3 Å². The Hall–Kier alpha value is -0.860. The molecule has 16 heavy (non-hydrogen) atoms. The summed E-state index contributed by atoms with van der Waals surface area (Å²) in [5.74, 6) is 0.160. The molecule has 1 aliphatic rings. The van der Waals surface area contributed by atoms with Crippen LogP contribution in [0.1, 0.15) is 29.6 Å². The molecule has 0 saturated carbocycles. The molecule has 2 nitrogen and oxygen atoms in total. The Balaban J connectivity index is 2.21. The van der Waals surface area contributed by atoms with Gasteiger partial charge in [-0.05, 0) is 38.6 Å². The molecule has 86 valence electrons. The van der Waals surface area contributed by atoms with Gasteiger partial charge in [-0.15, -0.1) is 0 Å². The average Bonchev–Trinajstić information content (AvgIpc) is 2.29. The molecule has 1 atom stereocenters. The molecule has 0 N–H and O–H groups in total. The van der Waals surface area contributed by atoms with Crippen LogP contribution in [0.3, 0.4) is 0 Å². The standard InChI is InChI=1S/C13H16ClNO/c1-15-9-5-4-8-12(15)13(16)10-6-2-3-7-11(10)14/h2-3,6-7,12H,4-5,8-9H2,1H3. The molecule has 1 aromatic rings. The number of piperidine rings is 1. The van der Waals surface area contributed by atoms with Gasteiger partial charge in [0.05, 0.1) is 11.1 Å². The fourth-order valence-electron chi connectivity index (χ4n) is 2.25. The highest BCUT2D eigenvalue weighted by molar-refractivity contribution is 6.34. The topological polar surface area (TPSA) is 20.3 Å². The monoisotopic (exact) mass is 237 g/mol. The summed E-state index contributed by atoms with van der Waals surface area (Å²) < 4.78 is 0. The van der Waals surface area contributed by atoms with Crippen molar-refractivity contribution >= 4 is 17.4 Å². The van der Waals surface area contributed by atoms with E-state index in [2.05, 4.69) is 4.90 Å². The summed E-state index contributed by atoms with van der Waals surface area (Å²) in [4.78, 5) is 14.4. The average molecular weight is 238 g/mol. The smallest absolute Gasteiger partial charge is 0.181 e. The van der Waals surface area contributed by atoms with Crippen molar-refractivity contribution in [3.05, 3.63) is 34.9 Å². The van der Waals surface area contributed by atoms with Gasteiger partial charge in [-0.1, -0.05) is 30.2 Å². The second kappa shape index (κ2) is 4.98. The van der Waals surface area contributed by atoms with Crippen LogP contribution in [0.2, 0.25) is 5.02 Å². The first-order valence-electron chi connectivity index (χ1n) is 5.69. The number of hydrogen-bond acceptors (Lipinski definition) is 2. The van der Waals surface area contributed by atoms with E-state index in [4.69, 9.17) is 11.6 Å². The van der Waals surface area contributed by atoms with Gasteiger partial charge in [-0.25, -0.2) is 0 Å².